The van der Waals surface area contributed by atoms with Gasteiger partial charge in [0.25, 0.3) is 0 Å². The lowest BCUT2D eigenvalue weighted by atomic mass is 10.2. The number of para-hydroxylation sites is 2. The molecular formula is C23H28N4O. The second kappa shape index (κ2) is 8.93. The molecule has 4 rings (SSSR count). The number of anilines is 1. The Labute approximate surface area is 167 Å². The van der Waals surface area contributed by atoms with E-state index in [4.69, 9.17) is 4.74 Å². The lowest BCUT2D eigenvalue weighted by molar-refractivity contribution is 0.250. The highest BCUT2D eigenvalue weighted by Crippen LogP contribution is 2.28. The fraction of sp³-hybridized carbons (Fsp3) is 0.348. The first-order valence-electron chi connectivity index (χ1n) is 10.0. The van der Waals surface area contributed by atoms with Crippen molar-refractivity contribution in [3.05, 3.63) is 67.1 Å². The summed E-state index contributed by atoms with van der Waals surface area (Å²) < 4.78 is 7.71. The molecule has 5 heteroatoms. The van der Waals surface area contributed by atoms with E-state index < -0.39 is 0 Å². The van der Waals surface area contributed by atoms with Crippen molar-refractivity contribution in [1.29, 1.82) is 0 Å². The van der Waals surface area contributed by atoms with Crippen LogP contribution in [0.2, 0.25) is 0 Å². The molecule has 0 saturated carbocycles. The predicted octanol–water partition coefficient (Wildman–Crippen LogP) is 3.77. The minimum Gasteiger partial charge on any atom is -0.495 e. The SMILES string of the molecule is COc1ccccc1N1CCN(CCCn2cnc(-c3ccccc3)c2)CC1. The maximum Gasteiger partial charge on any atom is 0.142 e. The van der Waals surface area contributed by atoms with Crippen LogP contribution in [-0.4, -0.2) is 54.3 Å². The summed E-state index contributed by atoms with van der Waals surface area (Å²) in [7, 11) is 1.74. The number of ether oxygens (including phenoxy) is 1. The third-order valence-electron chi connectivity index (χ3n) is 5.39. The first-order valence-corrected chi connectivity index (χ1v) is 10.0. The van der Waals surface area contributed by atoms with Gasteiger partial charge in [0.2, 0.25) is 0 Å². The number of aromatic nitrogens is 2. The number of piperazine rings is 1. The van der Waals surface area contributed by atoms with E-state index in [2.05, 4.69) is 61.9 Å². The van der Waals surface area contributed by atoms with E-state index in [1.165, 1.54) is 11.3 Å². The zero-order chi connectivity index (χ0) is 19.2. The van der Waals surface area contributed by atoms with Gasteiger partial charge in [0, 0.05) is 44.5 Å². The Morgan fingerprint density at radius 3 is 2.43 bits per heavy atom. The summed E-state index contributed by atoms with van der Waals surface area (Å²) >= 11 is 0. The fourth-order valence-corrected chi connectivity index (χ4v) is 3.82. The first kappa shape index (κ1) is 18.6. The second-order valence-electron chi connectivity index (χ2n) is 7.22. The van der Waals surface area contributed by atoms with E-state index >= 15 is 0 Å². The van der Waals surface area contributed by atoms with Crippen molar-refractivity contribution in [2.45, 2.75) is 13.0 Å². The molecule has 3 aromatic rings. The van der Waals surface area contributed by atoms with Gasteiger partial charge in [0.15, 0.2) is 0 Å². The van der Waals surface area contributed by atoms with Crippen molar-refractivity contribution in [3.63, 3.8) is 0 Å². The smallest absolute Gasteiger partial charge is 0.142 e. The molecule has 0 amide bonds. The quantitative estimate of drug-likeness (QED) is 0.629. The molecule has 0 spiro atoms. The molecule has 1 aromatic heterocycles. The highest BCUT2D eigenvalue weighted by molar-refractivity contribution is 5.59. The van der Waals surface area contributed by atoms with E-state index in [0.717, 1.165) is 57.1 Å². The summed E-state index contributed by atoms with van der Waals surface area (Å²) in [6, 6.07) is 18.7. The van der Waals surface area contributed by atoms with Gasteiger partial charge < -0.3 is 14.2 Å². The van der Waals surface area contributed by atoms with Crippen LogP contribution in [0, 0.1) is 0 Å². The fourth-order valence-electron chi connectivity index (χ4n) is 3.82. The maximum atomic E-state index is 5.51. The Kier molecular flexibility index (Phi) is 5.92. The number of imidazole rings is 1. The minimum absolute atomic E-state index is 0.963. The van der Waals surface area contributed by atoms with Crippen molar-refractivity contribution >= 4 is 5.69 Å². The van der Waals surface area contributed by atoms with Crippen molar-refractivity contribution in [2.24, 2.45) is 0 Å². The van der Waals surface area contributed by atoms with Gasteiger partial charge >= 0.3 is 0 Å². The van der Waals surface area contributed by atoms with Crippen molar-refractivity contribution < 1.29 is 4.74 Å². The van der Waals surface area contributed by atoms with Crippen LogP contribution in [0.5, 0.6) is 5.75 Å². The largest absolute Gasteiger partial charge is 0.495 e. The molecule has 28 heavy (non-hydrogen) atoms. The zero-order valence-corrected chi connectivity index (χ0v) is 16.5. The van der Waals surface area contributed by atoms with Gasteiger partial charge in [-0.3, -0.25) is 4.90 Å². The van der Waals surface area contributed by atoms with Gasteiger partial charge in [0.05, 0.1) is 24.8 Å². The lowest BCUT2D eigenvalue weighted by Gasteiger charge is -2.36. The Morgan fingerprint density at radius 2 is 1.64 bits per heavy atom. The first-order chi connectivity index (χ1) is 13.8. The summed E-state index contributed by atoms with van der Waals surface area (Å²) in [4.78, 5) is 9.53. The Bertz CT molecular complexity index is 869. The van der Waals surface area contributed by atoms with Crippen LogP contribution in [0.3, 0.4) is 0 Å². The molecular weight excluding hydrogens is 348 g/mol. The molecule has 2 heterocycles. The molecule has 146 valence electrons. The number of rotatable bonds is 7. The molecule has 0 N–H and O–H groups in total. The number of aryl methyl sites for hydroxylation is 1. The predicted molar refractivity (Wildman–Crippen MR) is 114 cm³/mol. The molecule has 0 bridgehead atoms. The lowest BCUT2D eigenvalue weighted by Crippen LogP contribution is -2.46. The van der Waals surface area contributed by atoms with E-state index in [0.29, 0.717) is 0 Å². The van der Waals surface area contributed by atoms with Crippen LogP contribution >= 0.6 is 0 Å². The molecule has 0 aliphatic carbocycles. The number of hydrogen-bond acceptors (Lipinski definition) is 4. The normalized spacial score (nSPS) is 15.0. The minimum atomic E-state index is 0.963. The molecule has 1 saturated heterocycles. The van der Waals surface area contributed by atoms with Gasteiger partial charge in [0.1, 0.15) is 5.75 Å². The van der Waals surface area contributed by atoms with Crippen molar-refractivity contribution in [3.8, 4) is 17.0 Å². The van der Waals surface area contributed by atoms with Gasteiger partial charge in [-0.1, -0.05) is 42.5 Å². The molecule has 1 aliphatic heterocycles. The van der Waals surface area contributed by atoms with Crippen LogP contribution < -0.4 is 9.64 Å². The van der Waals surface area contributed by atoms with E-state index in [-0.39, 0.29) is 0 Å². The van der Waals surface area contributed by atoms with Crippen LogP contribution in [0.15, 0.2) is 67.1 Å². The summed E-state index contributed by atoms with van der Waals surface area (Å²) in [5.74, 6) is 0.963. The van der Waals surface area contributed by atoms with E-state index in [9.17, 15) is 0 Å². The summed E-state index contributed by atoms with van der Waals surface area (Å²) in [6.07, 6.45) is 5.23. The standard InChI is InChI=1S/C23H28N4O/c1-28-23-11-6-5-10-22(23)27-16-14-25(15-17-27)12-7-13-26-18-21(24-19-26)20-8-3-2-4-9-20/h2-6,8-11,18-19H,7,12-17H2,1H3. The Morgan fingerprint density at radius 1 is 0.893 bits per heavy atom. The Balaban J connectivity index is 1.23. The third-order valence-corrected chi connectivity index (χ3v) is 5.39. The zero-order valence-electron chi connectivity index (χ0n) is 16.5. The average molecular weight is 377 g/mol. The van der Waals surface area contributed by atoms with Crippen LogP contribution in [0.4, 0.5) is 5.69 Å². The summed E-state index contributed by atoms with van der Waals surface area (Å²) in [5.41, 5.74) is 3.43. The van der Waals surface area contributed by atoms with Crippen molar-refractivity contribution in [1.82, 2.24) is 14.5 Å². The van der Waals surface area contributed by atoms with Gasteiger partial charge in [-0.05, 0) is 25.1 Å². The molecule has 5 nitrogen and oxygen atoms in total. The molecule has 1 aliphatic rings. The molecule has 2 aromatic carbocycles. The van der Waals surface area contributed by atoms with Crippen LogP contribution in [0.25, 0.3) is 11.3 Å². The van der Waals surface area contributed by atoms with Crippen molar-refractivity contribution in [2.75, 3.05) is 44.7 Å². The molecule has 1 fully saturated rings. The molecule has 0 radical (unpaired) electrons. The number of methoxy groups -OCH3 is 1. The second-order valence-corrected chi connectivity index (χ2v) is 7.22. The van der Waals surface area contributed by atoms with E-state index in [1.54, 1.807) is 7.11 Å². The van der Waals surface area contributed by atoms with Gasteiger partial charge in [-0.25, -0.2) is 4.98 Å². The van der Waals surface area contributed by atoms with Crippen LogP contribution in [-0.2, 0) is 6.54 Å². The average Bonchev–Trinajstić information content (AvgIpc) is 3.24. The molecule has 0 atom stereocenters. The maximum absolute atomic E-state index is 5.51. The summed E-state index contributed by atoms with van der Waals surface area (Å²) in [5, 5.41) is 0. The number of hydrogen-bond donors (Lipinski definition) is 0. The highest BCUT2D eigenvalue weighted by Gasteiger charge is 2.19. The molecule has 0 unspecified atom stereocenters. The number of nitrogens with zero attached hydrogens (tertiary/aromatic N) is 4. The monoisotopic (exact) mass is 376 g/mol. The number of benzene rings is 2. The van der Waals surface area contributed by atoms with Crippen LogP contribution in [0.1, 0.15) is 6.42 Å². The topological polar surface area (TPSA) is 33.5 Å². The van der Waals surface area contributed by atoms with E-state index in [1.807, 2.05) is 24.5 Å². The van der Waals surface area contributed by atoms with Gasteiger partial charge in [-0.15, -0.1) is 0 Å². The van der Waals surface area contributed by atoms with Gasteiger partial charge in [-0.2, -0.15) is 0 Å². The highest BCUT2D eigenvalue weighted by atomic mass is 16.5. The Hall–Kier alpha value is -2.79. The third kappa shape index (κ3) is 4.37. The summed E-state index contributed by atoms with van der Waals surface area (Å²) in [6.45, 7) is 6.41.